The molecule has 0 saturated carbocycles. The molecule has 2 atom stereocenters. The van der Waals surface area contributed by atoms with E-state index < -0.39 is 6.23 Å². The first-order valence-corrected chi connectivity index (χ1v) is 22.1. The minimum Gasteiger partial charge on any atom is -0.378 e. The smallest absolute Gasteiger partial charge is 0.260 e. The number of aliphatic hydroxyl groups is 1. The first-order valence-electron chi connectivity index (χ1n) is 22.1. The van der Waals surface area contributed by atoms with Crippen LogP contribution in [0.2, 0.25) is 0 Å². The molecular weight excluding hydrogens is 741 g/mol. The van der Waals surface area contributed by atoms with E-state index >= 15 is 4.79 Å². The molecule has 1 aliphatic carbocycles. The van der Waals surface area contributed by atoms with E-state index in [1.54, 1.807) is 0 Å². The van der Waals surface area contributed by atoms with Crippen molar-refractivity contribution in [2.24, 2.45) is 0 Å². The second-order valence-electron chi connectivity index (χ2n) is 15.9. The van der Waals surface area contributed by atoms with Gasteiger partial charge >= 0.3 is 0 Å². The van der Waals surface area contributed by atoms with Gasteiger partial charge in [-0.05, 0) is 86.4 Å². The summed E-state index contributed by atoms with van der Waals surface area (Å²) in [7, 11) is 0. The van der Waals surface area contributed by atoms with Crippen molar-refractivity contribution < 1.29 is 9.90 Å². The lowest BCUT2D eigenvalue weighted by atomic mass is 10.0. The molecular formula is C52H58N6O2. The van der Waals surface area contributed by atoms with Crippen molar-refractivity contribution >= 4 is 34.4 Å². The summed E-state index contributed by atoms with van der Waals surface area (Å²) in [6.07, 6.45) is 24.1. The molecule has 3 aliphatic heterocycles. The number of nitrogens with one attached hydrogen (secondary N) is 1. The summed E-state index contributed by atoms with van der Waals surface area (Å²) in [5.74, 6) is -0.0577. The third kappa shape index (κ3) is 8.48. The van der Waals surface area contributed by atoms with Gasteiger partial charge < -0.3 is 30.0 Å². The number of benzene rings is 3. The fraction of sp³-hybridized carbons (Fsp3) is 0.308. The maximum absolute atomic E-state index is 15.0. The van der Waals surface area contributed by atoms with Gasteiger partial charge in [0, 0.05) is 47.6 Å². The molecule has 4 aromatic rings. The van der Waals surface area contributed by atoms with Crippen molar-refractivity contribution in [2.45, 2.75) is 90.3 Å². The van der Waals surface area contributed by atoms with Gasteiger partial charge in [-0.15, -0.1) is 0 Å². The third-order valence-corrected chi connectivity index (χ3v) is 11.9. The van der Waals surface area contributed by atoms with Gasteiger partial charge in [-0.3, -0.25) is 9.78 Å². The number of fused-ring (bicyclic) bond motifs is 1. The number of unbranched alkanes of at least 4 members (excludes halogenated alkanes) is 6. The fourth-order valence-corrected chi connectivity index (χ4v) is 8.89. The van der Waals surface area contributed by atoms with Crippen molar-refractivity contribution in [2.75, 3.05) is 22.9 Å². The summed E-state index contributed by atoms with van der Waals surface area (Å²) in [6, 6.07) is 34.8. The van der Waals surface area contributed by atoms with E-state index in [1.165, 1.54) is 5.70 Å². The molecule has 4 aliphatic rings. The van der Waals surface area contributed by atoms with E-state index in [-0.39, 0.29) is 11.9 Å². The van der Waals surface area contributed by atoms with E-state index in [1.807, 2.05) is 59.6 Å². The molecule has 1 amide bonds. The molecule has 8 rings (SSSR count). The Morgan fingerprint density at radius 2 is 1.38 bits per heavy atom. The molecule has 0 bridgehead atoms. The number of para-hydroxylation sites is 3. The summed E-state index contributed by atoms with van der Waals surface area (Å²) in [6.45, 7) is 5.63. The Labute approximate surface area is 356 Å². The Balaban J connectivity index is 1.19. The van der Waals surface area contributed by atoms with Gasteiger partial charge in [0.15, 0.2) is 6.23 Å². The number of nitrogens with zero attached hydrogens (tertiary/aromatic N) is 5. The highest BCUT2D eigenvalue weighted by Gasteiger charge is 2.49. The number of carbonyl (C=O) groups excluding carboxylic acids is 1. The molecule has 8 nitrogen and oxygen atoms in total. The number of anilines is 4. The van der Waals surface area contributed by atoms with Gasteiger partial charge in [0.1, 0.15) is 0 Å². The van der Waals surface area contributed by atoms with Crippen molar-refractivity contribution in [3.63, 3.8) is 0 Å². The Hall–Kier alpha value is -6.12. The van der Waals surface area contributed by atoms with Crippen molar-refractivity contribution in [3.05, 3.63) is 180 Å². The standard InChI is InChI=1S/C52H58N6O2/c1-3-5-7-21-35-55-49(45-33-31-43(37-53-45)57(39-23-13-9-14-24-39)40-25-15-10-16-26-40)47-48(51(55)59)50(56(52(47)60)36-22-8-6-4-2)46-34-32-44(38-54-46)58(41-27-17-11-18-28-41)42-29-19-12-20-30-42/h9-19,23-29,31-34,37-38,46,52,54,60H,3-8,20-22,30,35-36H2,1-2H3. The summed E-state index contributed by atoms with van der Waals surface area (Å²) < 4.78 is 0. The minimum absolute atomic E-state index is 0.0577. The van der Waals surface area contributed by atoms with Crippen LogP contribution in [0.1, 0.15) is 83.7 Å². The number of aromatic nitrogens is 1. The molecule has 8 heteroatoms. The number of hydrogen-bond donors (Lipinski definition) is 2. The lowest BCUT2D eigenvalue weighted by Crippen LogP contribution is -2.42. The summed E-state index contributed by atoms with van der Waals surface area (Å²) in [5.41, 5.74) is 9.81. The highest BCUT2D eigenvalue weighted by molar-refractivity contribution is 6.11. The van der Waals surface area contributed by atoms with E-state index in [9.17, 15) is 5.11 Å². The maximum atomic E-state index is 15.0. The second kappa shape index (κ2) is 19.3. The van der Waals surface area contributed by atoms with E-state index in [4.69, 9.17) is 4.98 Å². The van der Waals surface area contributed by atoms with Crippen LogP contribution in [0.5, 0.6) is 0 Å². The van der Waals surface area contributed by atoms with Crippen LogP contribution in [0.4, 0.5) is 22.7 Å². The molecule has 3 aromatic carbocycles. The normalized spacial score (nSPS) is 18.5. The fourth-order valence-electron chi connectivity index (χ4n) is 8.89. The van der Waals surface area contributed by atoms with Crippen LogP contribution in [-0.2, 0) is 4.79 Å². The first-order chi connectivity index (χ1) is 29.6. The maximum Gasteiger partial charge on any atom is 0.260 e. The Kier molecular flexibility index (Phi) is 13.1. The van der Waals surface area contributed by atoms with Gasteiger partial charge in [0.2, 0.25) is 0 Å². The van der Waals surface area contributed by atoms with Crippen LogP contribution >= 0.6 is 0 Å². The number of amides is 1. The van der Waals surface area contributed by atoms with Crippen LogP contribution in [-0.4, -0.2) is 51.2 Å². The molecule has 0 saturated heterocycles. The van der Waals surface area contributed by atoms with E-state index in [0.717, 1.165) is 98.4 Å². The van der Waals surface area contributed by atoms with Gasteiger partial charge in [0.25, 0.3) is 5.91 Å². The van der Waals surface area contributed by atoms with E-state index in [0.29, 0.717) is 35.6 Å². The number of carbonyl (C=O) groups is 1. The number of aliphatic hydroxyl groups excluding tert-OH is 1. The molecule has 1 aromatic heterocycles. The van der Waals surface area contributed by atoms with E-state index in [2.05, 4.69) is 125 Å². The third-order valence-electron chi connectivity index (χ3n) is 11.9. The van der Waals surface area contributed by atoms with Gasteiger partial charge in [0.05, 0.1) is 46.3 Å². The van der Waals surface area contributed by atoms with Crippen molar-refractivity contribution in [1.82, 2.24) is 20.1 Å². The highest BCUT2D eigenvalue weighted by Crippen LogP contribution is 2.47. The summed E-state index contributed by atoms with van der Waals surface area (Å²) in [5, 5.41) is 16.2. The van der Waals surface area contributed by atoms with Gasteiger partial charge in [-0.25, -0.2) is 0 Å². The summed E-state index contributed by atoms with van der Waals surface area (Å²) >= 11 is 0. The zero-order valence-corrected chi connectivity index (χ0v) is 35.1. The second-order valence-corrected chi connectivity index (χ2v) is 15.9. The quantitative estimate of drug-likeness (QED) is 0.0971. The van der Waals surface area contributed by atoms with Gasteiger partial charge in [-0.1, -0.05) is 125 Å². The number of pyridine rings is 1. The number of hydrogen-bond acceptors (Lipinski definition) is 7. The van der Waals surface area contributed by atoms with Crippen molar-refractivity contribution in [1.29, 1.82) is 0 Å². The number of rotatable bonds is 18. The molecule has 0 fully saturated rings. The predicted molar refractivity (Wildman–Crippen MR) is 245 cm³/mol. The zero-order valence-electron chi connectivity index (χ0n) is 35.1. The molecule has 0 spiro atoms. The SMILES string of the molecule is CCCCCCN1C(=O)C2=C(C3C=CC(N(C4=CC=CCC4)c4ccccc4)=CN3)N(CCCCCC)C(O)C2=C1c1ccc(N(c2ccccc2)c2ccccc2)cn1. The van der Waals surface area contributed by atoms with Crippen LogP contribution in [0.25, 0.3) is 5.70 Å². The molecule has 0 radical (unpaired) electrons. The monoisotopic (exact) mass is 798 g/mol. The molecule has 2 unspecified atom stereocenters. The van der Waals surface area contributed by atoms with Crippen LogP contribution < -0.4 is 15.1 Å². The Morgan fingerprint density at radius 3 is 1.93 bits per heavy atom. The molecule has 4 heterocycles. The van der Waals surface area contributed by atoms with Crippen LogP contribution in [0.15, 0.2) is 174 Å². The minimum atomic E-state index is -0.983. The average molecular weight is 799 g/mol. The highest BCUT2D eigenvalue weighted by atomic mass is 16.3. The molecule has 60 heavy (non-hydrogen) atoms. The largest absolute Gasteiger partial charge is 0.378 e. The Bertz CT molecular complexity index is 2240. The van der Waals surface area contributed by atoms with Crippen molar-refractivity contribution in [3.8, 4) is 0 Å². The predicted octanol–water partition coefficient (Wildman–Crippen LogP) is 11.3. The number of allylic oxidation sites excluding steroid dienone is 5. The topological polar surface area (TPSA) is 75.2 Å². The zero-order chi connectivity index (χ0) is 41.3. The van der Waals surface area contributed by atoms with Gasteiger partial charge in [-0.2, -0.15) is 0 Å². The van der Waals surface area contributed by atoms with Crippen LogP contribution in [0, 0.1) is 0 Å². The number of dihydropyridines is 1. The summed E-state index contributed by atoms with van der Waals surface area (Å²) in [4.78, 5) is 28.6. The molecule has 2 N–H and O–H groups in total. The van der Waals surface area contributed by atoms with Crippen LogP contribution in [0.3, 0.4) is 0 Å². The first kappa shape index (κ1) is 40.7. The molecule has 308 valence electrons. The lowest BCUT2D eigenvalue weighted by molar-refractivity contribution is -0.123. The average Bonchev–Trinajstić information content (AvgIpc) is 3.75. The Morgan fingerprint density at radius 1 is 0.750 bits per heavy atom. The lowest BCUT2D eigenvalue weighted by Gasteiger charge is -2.35.